The minimum Gasteiger partial charge on any atom is -0.493 e. The molecule has 38 heavy (non-hydrogen) atoms. The fraction of sp³-hybridized carbons (Fsp3) is 0.231. The number of thioether (sulfide) groups is 1. The standard InChI is InChI=1S/C26H23BrCl2N4O4S/c1-15-5-4-6-19(9-15)33-16(2)30-31-26(33)38-24(13-32(34)35)18-11-20(27)25(23(12-18)36-3)37-14-17-7-8-21(28)22(29)10-17/h4-12,24H,13-14H2,1-3H3/t24-/m1/s1. The molecule has 4 aromatic rings. The number of aromatic nitrogens is 3. The van der Waals surface area contributed by atoms with Gasteiger partial charge < -0.3 is 9.47 Å². The molecule has 8 nitrogen and oxygen atoms in total. The molecular formula is C26H23BrCl2N4O4S. The number of hydrogen-bond donors (Lipinski definition) is 0. The zero-order valence-electron chi connectivity index (χ0n) is 20.7. The smallest absolute Gasteiger partial charge is 0.220 e. The third-order valence-corrected chi connectivity index (χ3v) is 8.12. The third kappa shape index (κ3) is 6.61. The average molecular weight is 638 g/mol. The monoisotopic (exact) mass is 636 g/mol. The zero-order chi connectivity index (χ0) is 27.4. The Bertz CT molecular complexity index is 1480. The molecular weight excluding hydrogens is 615 g/mol. The lowest BCUT2D eigenvalue weighted by molar-refractivity contribution is -0.479. The van der Waals surface area contributed by atoms with Crippen molar-refractivity contribution in [2.75, 3.05) is 13.7 Å². The van der Waals surface area contributed by atoms with Crippen molar-refractivity contribution in [2.45, 2.75) is 30.9 Å². The van der Waals surface area contributed by atoms with Crippen molar-refractivity contribution < 1.29 is 14.4 Å². The lowest BCUT2D eigenvalue weighted by Gasteiger charge is -2.18. The molecule has 0 unspecified atom stereocenters. The number of ether oxygens (including phenoxy) is 2. The number of halogens is 3. The van der Waals surface area contributed by atoms with Gasteiger partial charge in [-0.15, -0.1) is 10.2 Å². The highest BCUT2D eigenvalue weighted by atomic mass is 79.9. The van der Waals surface area contributed by atoms with Crippen LogP contribution in [0.1, 0.15) is 27.8 Å². The van der Waals surface area contributed by atoms with Crippen LogP contribution in [0.2, 0.25) is 10.0 Å². The molecule has 0 N–H and O–H groups in total. The van der Waals surface area contributed by atoms with Crippen molar-refractivity contribution in [3.05, 3.63) is 102 Å². The Labute approximate surface area is 242 Å². The van der Waals surface area contributed by atoms with Gasteiger partial charge in [0, 0.05) is 10.6 Å². The summed E-state index contributed by atoms with van der Waals surface area (Å²) in [5, 5.41) is 21.1. The van der Waals surface area contributed by atoms with E-state index in [4.69, 9.17) is 32.7 Å². The second-order valence-electron chi connectivity index (χ2n) is 8.40. The second-order valence-corrected chi connectivity index (χ2v) is 11.2. The minimum atomic E-state index is -0.577. The number of nitro groups is 1. The quantitative estimate of drug-likeness (QED) is 0.100. The van der Waals surface area contributed by atoms with Crippen LogP contribution in [0, 0.1) is 24.0 Å². The normalized spacial score (nSPS) is 11.8. The molecule has 198 valence electrons. The van der Waals surface area contributed by atoms with Crippen LogP contribution in [-0.4, -0.2) is 33.3 Å². The number of aryl methyl sites for hydroxylation is 2. The SMILES string of the molecule is COc1cc([C@@H](C[N+](=O)[O-])Sc2nnc(C)n2-c2cccc(C)c2)cc(Br)c1OCc1ccc(Cl)c(Cl)c1. The Morgan fingerprint density at radius 1 is 1.11 bits per heavy atom. The van der Waals surface area contributed by atoms with Crippen molar-refractivity contribution in [1.82, 2.24) is 14.8 Å². The summed E-state index contributed by atoms with van der Waals surface area (Å²) >= 11 is 16.9. The fourth-order valence-electron chi connectivity index (χ4n) is 3.81. The van der Waals surface area contributed by atoms with E-state index in [1.807, 2.05) is 48.7 Å². The van der Waals surface area contributed by atoms with Gasteiger partial charge in [0.1, 0.15) is 17.7 Å². The predicted octanol–water partition coefficient (Wildman–Crippen LogP) is 7.65. The van der Waals surface area contributed by atoms with Crippen molar-refractivity contribution in [2.24, 2.45) is 0 Å². The van der Waals surface area contributed by atoms with E-state index in [0.29, 0.717) is 42.6 Å². The van der Waals surface area contributed by atoms with Gasteiger partial charge in [0.15, 0.2) is 16.7 Å². The van der Waals surface area contributed by atoms with Crippen LogP contribution in [0.5, 0.6) is 11.5 Å². The number of hydrogen-bond acceptors (Lipinski definition) is 7. The first-order valence-corrected chi connectivity index (χ1v) is 13.8. The van der Waals surface area contributed by atoms with Gasteiger partial charge in [-0.2, -0.15) is 0 Å². The van der Waals surface area contributed by atoms with Gasteiger partial charge in [-0.3, -0.25) is 14.7 Å². The average Bonchev–Trinajstić information content (AvgIpc) is 3.23. The van der Waals surface area contributed by atoms with E-state index < -0.39 is 5.25 Å². The van der Waals surface area contributed by atoms with E-state index in [1.165, 1.54) is 18.9 Å². The molecule has 0 aliphatic heterocycles. The maximum atomic E-state index is 11.7. The molecule has 0 saturated carbocycles. The highest BCUT2D eigenvalue weighted by Gasteiger charge is 2.26. The first-order chi connectivity index (χ1) is 18.2. The van der Waals surface area contributed by atoms with Crippen LogP contribution >= 0.6 is 50.9 Å². The summed E-state index contributed by atoms with van der Waals surface area (Å²) in [6, 6.07) is 16.7. The molecule has 0 aliphatic carbocycles. The van der Waals surface area contributed by atoms with E-state index in [9.17, 15) is 10.1 Å². The first-order valence-electron chi connectivity index (χ1n) is 11.4. The summed E-state index contributed by atoms with van der Waals surface area (Å²) in [4.78, 5) is 11.3. The lowest BCUT2D eigenvalue weighted by atomic mass is 10.1. The van der Waals surface area contributed by atoms with Crippen molar-refractivity contribution in [3.8, 4) is 17.2 Å². The Kier molecular flexibility index (Phi) is 9.19. The van der Waals surface area contributed by atoms with Crippen LogP contribution in [0.15, 0.2) is 64.2 Å². The zero-order valence-corrected chi connectivity index (χ0v) is 24.6. The first kappa shape index (κ1) is 28.2. The van der Waals surface area contributed by atoms with E-state index in [2.05, 4.69) is 26.1 Å². The van der Waals surface area contributed by atoms with Gasteiger partial charge in [-0.05, 0) is 82.9 Å². The molecule has 0 amide bonds. The summed E-state index contributed by atoms with van der Waals surface area (Å²) < 4.78 is 14.1. The summed E-state index contributed by atoms with van der Waals surface area (Å²) in [6.07, 6.45) is 0. The molecule has 1 heterocycles. The molecule has 0 fully saturated rings. The molecule has 0 spiro atoms. The van der Waals surface area contributed by atoms with Crippen molar-refractivity contribution in [3.63, 3.8) is 0 Å². The maximum absolute atomic E-state index is 11.7. The van der Waals surface area contributed by atoms with Crippen LogP contribution in [0.25, 0.3) is 5.69 Å². The largest absolute Gasteiger partial charge is 0.493 e. The number of nitrogens with zero attached hydrogens (tertiary/aromatic N) is 4. The Hall–Kier alpha value is -2.79. The minimum absolute atomic E-state index is 0.219. The van der Waals surface area contributed by atoms with Crippen LogP contribution in [0.4, 0.5) is 0 Å². The van der Waals surface area contributed by atoms with Gasteiger partial charge in [0.2, 0.25) is 6.54 Å². The molecule has 0 bridgehead atoms. The van der Waals surface area contributed by atoms with E-state index in [-0.39, 0.29) is 18.1 Å². The highest BCUT2D eigenvalue weighted by molar-refractivity contribution is 9.10. The molecule has 1 atom stereocenters. The Morgan fingerprint density at radius 2 is 1.89 bits per heavy atom. The van der Waals surface area contributed by atoms with Crippen molar-refractivity contribution >= 4 is 50.9 Å². The van der Waals surface area contributed by atoms with E-state index >= 15 is 0 Å². The summed E-state index contributed by atoms with van der Waals surface area (Å²) in [7, 11) is 1.52. The predicted molar refractivity (Wildman–Crippen MR) is 153 cm³/mol. The summed E-state index contributed by atoms with van der Waals surface area (Å²) in [5.41, 5.74) is 3.47. The number of rotatable bonds is 10. The van der Waals surface area contributed by atoms with Crippen LogP contribution in [-0.2, 0) is 6.61 Å². The molecule has 3 aromatic carbocycles. The fourth-order valence-corrected chi connectivity index (χ4v) is 5.86. The second kappa shape index (κ2) is 12.4. The molecule has 0 aliphatic rings. The maximum Gasteiger partial charge on any atom is 0.220 e. The molecule has 1 aromatic heterocycles. The summed E-state index contributed by atoms with van der Waals surface area (Å²) in [5.74, 6) is 1.58. The van der Waals surface area contributed by atoms with Crippen LogP contribution < -0.4 is 9.47 Å². The third-order valence-electron chi connectivity index (χ3n) is 5.61. The summed E-state index contributed by atoms with van der Waals surface area (Å²) in [6.45, 7) is 3.74. The number of benzene rings is 3. The lowest BCUT2D eigenvalue weighted by Crippen LogP contribution is -2.12. The number of methoxy groups -OCH3 is 1. The Morgan fingerprint density at radius 3 is 2.58 bits per heavy atom. The van der Waals surface area contributed by atoms with Crippen LogP contribution in [0.3, 0.4) is 0 Å². The van der Waals surface area contributed by atoms with E-state index in [1.54, 1.807) is 24.3 Å². The topological polar surface area (TPSA) is 92.3 Å². The van der Waals surface area contributed by atoms with Gasteiger partial charge >= 0.3 is 0 Å². The molecule has 0 radical (unpaired) electrons. The highest BCUT2D eigenvalue weighted by Crippen LogP contribution is 2.43. The molecule has 0 saturated heterocycles. The molecule has 12 heteroatoms. The van der Waals surface area contributed by atoms with Gasteiger partial charge in [0.25, 0.3) is 0 Å². The van der Waals surface area contributed by atoms with Crippen molar-refractivity contribution in [1.29, 1.82) is 0 Å². The molecule has 4 rings (SSSR count). The van der Waals surface area contributed by atoms with Gasteiger partial charge in [0.05, 0.1) is 21.6 Å². The van der Waals surface area contributed by atoms with Gasteiger partial charge in [-0.25, -0.2) is 0 Å². The van der Waals surface area contributed by atoms with Gasteiger partial charge in [-0.1, -0.05) is 53.2 Å². The Balaban J connectivity index is 1.65. The van der Waals surface area contributed by atoms with E-state index in [0.717, 1.165) is 16.8 Å².